The van der Waals surface area contributed by atoms with Crippen molar-refractivity contribution >= 4 is 51.6 Å². The number of anilines is 3. The summed E-state index contributed by atoms with van der Waals surface area (Å²) in [4.78, 5) is 38.2. The molecular formula is C32H36ClFN6O4. The first-order chi connectivity index (χ1) is 21.3. The first-order valence-electron chi connectivity index (χ1n) is 15.1. The molecule has 6 rings (SSSR count). The van der Waals surface area contributed by atoms with Gasteiger partial charge in [-0.2, -0.15) is 0 Å². The van der Waals surface area contributed by atoms with E-state index in [2.05, 4.69) is 30.4 Å². The molecule has 3 aromatic rings. The van der Waals surface area contributed by atoms with Gasteiger partial charge >= 0.3 is 5.97 Å². The summed E-state index contributed by atoms with van der Waals surface area (Å²) in [5, 5.41) is 6.80. The van der Waals surface area contributed by atoms with Gasteiger partial charge in [-0.15, -0.1) is 0 Å². The highest BCUT2D eigenvalue weighted by Gasteiger charge is 2.31. The number of carbonyl (C=O) groups excluding carboxylic acids is 2. The molecule has 232 valence electrons. The van der Waals surface area contributed by atoms with Crippen molar-refractivity contribution in [3.8, 4) is 5.75 Å². The second kappa shape index (κ2) is 13.5. The van der Waals surface area contributed by atoms with E-state index in [9.17, 15) is 14.0 Å². The van der Waals surface area contributed by atoms with Crippen molar-refractivity contribution in [3.63, 3.8) is 0 Å². The highest BCUT2D eigenvalue weighted by Crippen LogP contribution is 2.36. The third-order valence-electron chi connectivity index (χ3n) is 8.21. The van der Waals surface area contributed by atoms with Gasteiger partial charge in [-0.05, 0) is 75.9 Å². The second-order valence-electron chi connectivity index (χ2n) is 11.7. The number of nitrogens with zero attached hydrogens (tertiary/aromatic N) is 4. The Balaban J connectivity index is 1.11. The standard InChI is InChI=1S/C32H36ClFN6O4/c1-20-16-40(17-31(42)44-20)23-8-11-39(12-9-23)10-2-3-30(41)38-28-14-24-27(15-29(28)43-18-21-4-5-21)35-19-36-32(24)37-22-6-7-26(34)25(33)13-22/h2-3,6-7,13-15,19-21,23H,4-5,8-12,16-18H2,1H3,(H,38,41)(H,35,36,37)/b3-2+. The van der Waals surface area contributed by atoms with Crippen LogP contribution in [0.2, 0.25) is 5.02 Å². The van der Waals surface area contributed by atoms with Crippen LogP contribution in [0.15, 0.2) is 48.8 Å². The smallest absolute Gasteiger partial charge is 0.320 e. The van der Waals surface area contributed by atoms with Gasteiger partial charge < -0.3 is 20.1 Å². The van der Waals surface area contributed by atoms with Crippen LogP contribution in [0.3, 0.4) is 0 Å². The molecule has 1 unspecified atom stereocenters. The molecule has 10 nitrogen and oxygen atoms in total. The predicted octanol–water partition coefficient (Wildman–Crippen LogP) is 5.16. The number of amides is 1. The molecule has 44 heavy (non-hydrogen) atoms. The van der Waals surface area contributed by atoms with Crippen LogP contribution in [-0.2, 0) is 14.3 Å². The van der Waals surface area contributed by atoms with Gasteiger partial charge in [-0.1, -0.05) is 17.7 Å². The molecule has 1 saturated carbocycles. The molecule has 2 N–H and O–H groups in total. The minimum Gasteiger partial charge on any atom is -0.491 e. The fourth-order valence-electron chi connectivity index (χ4n) is 5.69. The van der Waals surface area contributed by atoms with E-state index in [0.29, 0.717) is 65.5 Å². The number of ether oxygens (including phenoxy) is 2. The van der Waals surface area contributed by atoms with Crippen LogP contribution in [0.25, 0.3) is 10.9 Å². The molecule has 3 aliphatic rings. The highest BCUT2D eigenvalue weighted by atomic mass is 35.5. The zero-order chi connectivity index (χ0) is 30.6. The average Bonchev–Trinajstić information content (AvgIpc) is 3.83. The molecule has 2 aliphatic heterocycles. The Kier molecular flexibility index (Phi) is 9.25. The number of nitrogens with one attached hydrogen (secondary N) is 2. The maximum Gasteiger partial charge on any atom is 0.320 e. The van der Waals surface area contributed by atoms with Crippen LogP contribution in [0.5, 0.6) is 5.75 Å². The number of esters is 1. The summed E-state index contributed by atoms with van der Waals surface area (Å²) >= 11 is 5.97. The maximum absolute atomic E-state index is 13.7. The highest BCUT2D eigenvalue weighted by molar-refractivity contribution is 6.31. The largest absolute Gasteiger partial charge is 0.491 e. The molecule has 1 aromatic heterocycles. The van der Waals surface area contributed by atoms with E-state index in [1.807, 2.05) is 13.0 Å². The summed E-state index contributed by atoms with van der Waals surface area (Å²) < 4.78 is 25.1. The first kappa shape index (κ1) is 30.2. The van der Waals surface area contributed by atoms with Gasteiger partial charge in [-0.3, -0.25) is 19.4 Å². The van der Waals surface area contributed by atoms with Crippen LogP contribution in [0.1, 0.15) is 32.6 Å². The number of hydrogen-bond donors (Lipinski definition) is 2. The lowest BCUT2D eigenvalue weighted by Gasteiger charge is -2.40. The lowest BCUT2D eigenvalue weighted by molar-refractivity contribution is -0.159. The molecule has 12 heteroatoms. The van der Waals surface area contributed by atoms with Crippen LogP contribution >= 0.6 is 11.6 Å². The number of morpholine rings is 1. The van der Waals surface area contributed by atoms with Crippen molar-refractivity contribution in [2.24, 2.45) is 5.92 Å². The lowest BCUT2D eigenvalue weighted by Crippen LogP contribution is -2.52. The Morgan fingerprint density at radius 2 is 2.00 bits per heavy atom. The summed E-state index contributed by atoms with van der Waals surface area (Å²) in [5.74, 6) is 0.621. The first-order valence-corrected chi connectivity index (χ1v) is 15.5. The Hall–Kier alpha value is -3.80. The number of piperidine rings is 1. The average molecular weight is 623 g/mol. The number of cyclic esters (lactones) is 1. The van der Waals surface area contributed by atoms with Gasteiger partial charge in [-0.25, -0.2) is 14.4 Å². The molecule has 0 bridgehead atoms. The summed E-state index contributed by atoms with van der Waals surface area (Å²) in [5.41, 5.74) is 1.71. The van der Waals surface area contributed by atoms with E-state index in [4.69, 9.17) is 21.1 Å². The number of halogens is 2. The monoisotopic (exact) mass is 622 g/mol. The molecule has 3 fully saturated rings. The Labute approximate surface area is 260 Å². The van der Waals surface area contributed by atoms with Crippen LogP contribution in [0, 0.1) is 11.7 Å². The van der Waals surface area contributed by atoms with Gasteiger partial charge in [0.05, 0.1) is 29.4 Å². The van der Waals surface area contributed by atoms with Crippen molar-refractivity contribution < 1.29 is 23.5 Å². The van der Waals surface area contributed by atoms with E-state index >= 15 is 0 Å². The molecule has 3 heterocycles. The van der Waals surface area contributed by atoms with Crippen molar-refractivity contribution in [1.82, 2.24) is 19.8 Å². The van der Waals surface area contributed by atoms with E-state index in [1.54, 1.807) is 24.3 Å². The zero-order valence-electron chi connectivity index (χ0n) is 24.6. The summed E-state index contributed by atoms with van der Waals surface area (Å²) in [6, 6.07) is 8.30. The molecular weight excluding hydrogens is 587 g/mol. The minimum atomic E-state index is -0.509. The normalized spacial score (nSPS) is 20.2. The molecule has 1 atom stereocenters. The van der Waals surface area contributed by atoms with Gasteiger partial charge in [0.15, 0.2) is 0 Å². The molecule has 2 saturated heterocycles. The molecule has 1 aliphatic carbocycles. The van der Waals surface area contributed by atoms with Crippen molar-refractivity contribution in [2.75, 3.05) is 50.0 Å². The lowest BCUT2D eigenvalue weighted by atomic mass is 10.0. The Morgan fingerprint density at radius 1 is 1.18 bits per heavy atom. The second-order valence-corrected chi connectivity index (χ2v) is 12.2. The zero-order valence-corrected chi connectivity index (χ0v) is 25.4. The fraction of sp³-hybridized carbons (Fsp3) is 0.438. The van der Waals surface area contributed by atoms with Crippen LogP contribution in [0.4, 0.5) is 21.6 Å². The number of rotatable bonds is 10. The van der Waals surface area contributed by atoms with E-state index in [0.717, 1.165) is 45.3 Å². The minimum absolute atomic E-state index is 0.00328. The summed E-state index contributed by atoms with van der Waals surface area (Å²) in [6.07, 6.45) is 9.00. The molecule has 1 amide bonds. The quantitative estimate of drug-likeness (QED) is 0.234. The summed E-state index contributed by atoms with van der Waals surface area (Å²) in [6.45, 7) is 6.10. The van der Waals surface area contributed by atoms with Gasteiger partial charge in [0, 0.05) is 42.3 Å². The number of fused-ring (bicyclic) bond motifs is 1. The third-order valence-corrected chi connectivity index (χ3v) is 8.50. The number of hydrogen-bond acceptors (Lipinski definition) is 9. The number of aromatic nitrogens is 2. The molecule has 0 radical (unpaired) electrons. The summed E-state index contributed by atoms with van der Waals surface area (Å²) in [7, 11) is 0. The Morgan fingerprint density at radius 3 is 2.75 bits per heavy atom. The fourth-order valence-corrected chi connectivity index (χ4v) is 5.87. The third kappa shape index (κ3) is 7.64. The van der Waals surface area contributed by atoms with Gasteiger partial charge in [0.2, 0.25) is 5.91 Å². The van der Waals surface area contributed by atoms with E-state index in [-0.39, 0.29) is 23.0 Å². The molecule has 2 aromatic carbocycles. The van der Waals surface area contributed by atoms with E-state index < -0.39 is 5.82 Å². The van der Waals surface area contributed by atoms with Gasteiger partial charge in [0.25, 0.3) is 0 Å². The van der Waals surface area contributed by atoms with Crippen LogP contribution < -0.4 is 15.4 Å². The van der Waals surface area contributed by atoms with Crippen molar-refractivity contribution in [3.05, 3.63) is 59.7 Å². The molecule has 0 spiro atoms. The predicted molar refractivity (Wildman–Crippen MR) is 167 cm³/mol. The topological polar surface area (TPSA) is 109 Å². The van der Waals surface area contributed by atoms with Crippen LogP contribution in [-0.4, -0.2) is 83.1 Å². The number of benzene rings is 2. The van der Waals surface area contributed by atoms with E-state index in [1.165, 1.54) is 18.5 Å². The van der Waals surface area contributed by atoms with Crippen molar-refractivity contribution in [2.45, 2.75) is 44.8 Å². The Bertz CT molecular complexity index is 1560. The van der Waals surface area contributed by atoms with Crippen molar-refractivity contribution in [1.29, 1.82) is 0 Å². The SMILES string of the molecule is CC1CN(C2CCN(C/C=C/C(=O)Nc3cc4c(Nc5ccc(F)c(Cl)c5)ncnc4cc3OCC3CC3)CC2)CC(=O)O1. The number of likely N-dealkylation sites (tertiary alicyclic amines) is 1. The number of carbonyl (C=O) groups is 2. The maximum atomic E-state index is 13.7. The van der Waals surface area contributed by atoms with Gasteiger partial charge in [0.1, 0.15) is 29.8 Å².